The molecule has 5 nitrogen and oxygen atoms in total. The number of benzene rings is 3. The second-order valence-corrected chi connectivity index (χ2v) is 6.59. The minimum Gasteiger partial charge on any atom is -0.497 e. The van der Waals surface area contributed by atoms with Crippen LogP contribution in [0.2, 0.25) is 0 Å². The van der Waals surface area contributed by atoms with Crippen molar-refractivity contribution in [3.05, 3.63) is 95.6 Å². The summed E-state index contributed by atoms with van der Waals surface area (Å²) in [6.45, 7) is 1.11. The minimum absolute atomic E-state index is 0.237. The third kappa shape index (κ3) is 6.01. The van der Waals surface area contributed by atoms with Gasteiger partial charge in [-0.2, -0.15) is 0 Å². The average molecular weight is 391 g/mol. The maximum atomic E-state index is 12.8. The summed E-state index contributed by atoms with van der Waals surface area (Å²) in [6, 6.07) is 25.0. The van der Waals surface area contributed by atoms with Crippen LogP contribution in [0.5, 0.6) is 11.5 Å². The van der Waals surface area contributed by atoms with E-state index >= 15 is 0 Å². The summed E-state index contributed by atoms with van der Waals surface area (Å²) in [4.78, 5) is 14.5. The Labute approximate surface area is 171 Å². The lowest BCUT2D eigenvalue weighted by Crippen LogP contribution is -2.30. The molecule has 0 bridgehead atoms. The smallest absolute Gasteiger partial charge is 0.410 e. The molecule has 0 aliphatic heterocycles. The number of hydrogen-bond acceptors (Lipinski definition) is 4. The first-order valence-electron chi connectivity index (χ1n) is 9.39. The number of hydrogen-bond donors (Lipinski definition) is 0. The van der Waals surface area contributed by atoms with Gasteiger partial charge >= 0.3 is 6.09 Å². The van der Waals surface area contributed by atoms with Crippen LogP contribution in [0.15, 0.2) is 78.9 Å². The average Bonchev–Trinajstić information content (AvgIpc) is 2.78. The largest absolute Gasteiger partial charge is 0.497 e. The van der Waals surface area contributed by atoms with E-state index in [0.717, 1.165) is 28.2 Å². The first-order valence-corrected chi connectivity index (χ1v) is 9.39. The molecule has 0 N–H and O–H groups in total. The summed E-state index contributed by atoms with van der Waals surface area (Å²) >= 11 is 0. The van der Waals surface area contributed by atoms with Crippen LogP contribution < -0.4 is 9.47 Å². The molecule has 0 radical (unpaired) electrons. The van der Waals surface area contributed by atoms with Gasteiger partial charge in [-0.3, -0.25) is 4.90 Å². The maximum absolute atomic E-state index is 12.8. The van der Waals surface area contributed by atoms with E-state index in [1.54, 1.807) is 19.1 Å². The van der Waals surface area contributed by atoms with Crippen LogP contribution in [-0.2, 0) is 24.4 Å². The molecule has 0 saturated carbocycles. The van der Waals surface area contributed by atoms with E-state index in [2.05, 4.69) is 0 Å². The van der Waals surface area contributed by atoms with E-state index in [0.29, 0.717) is 13.1 Å². The molecule has 0 unspecified atom stereocenters. The number of nitrogens with zero attached hydrogens (tertiary/aromatic N) is 1. The molecular weight excluding hydrogens is 366 g/mol. The zero-order chi connectivity index (χ0) is 20.5. The highest BCUT2D eigenvalue weighted by atomic mass is 16.6. The summed E-state index contributed by atoms with van der Waals surface area (Å²) in [5, 5.41) is 0. The van der Waals surface area contributed by atoms with Crippen LogP contribution in [0.1, 0.15) is 16.7 Å². The van der Waals surface area contributed by atoms with Crippen LogP contribution >= 0.6 is 0 Å². The van der Waals surface area contributed by atoms with Crippen molar-refractivity contribution in [1.29, 1.82) is 0 Å². The van der Waals surface area contributed by atoms with Crippen molar-refractivity contribution in [2.24, 2.45) is 0 Å². The highest BCUT2D eigenvalue weighted by Crippen LogP contribution is 2.18. The lowest BCUT2D eigenvalue weighted by Gasteiger charge is -2.23. The SMILES string of the molecule is COc1ccc(CN(Cc2ccc(OC)cc2)C(=O)OCc2ccccc2)cc1. The van der Waals surface area contributed by atoms with Crippen LogP contribution in [0.3, 0.4) is 0 Å². The van der Waals surface area contributed by atoms with Crippen LogP contribution in [0.25, 0.3) is 0 Å². The molecular formula is C24H25NO4. The Morgan fingerprint density at radius 2 is 1.17 bits per heavy atom. The summed E-state index contributed by atoms with van der Waals surface area (Å²) in [6.07, 6.45) is -0.361. The molecule has 3 aromatic carbocycles. The van der Waals surface area contributed by atoms with Gasteiger partial charge in [0.15, 0.2) is 0 Å². The van der Waals surface area contributed by atoms with Gasteiger partial charge in [0.1, 0.15) is 18.1 Å². The molecule has 1 amide bonds. The molecule has 0 saturated heterocycles. The van der Waals surface area contributed by atoms with Gasteiger partial charge in [-0.1, -0.05) is 54.6 Å². The fraction of sp³-hybridized carbons (Fsp3) is 0.208. The Morgan fingerprint density at radius 1 is 0.690 bits per heavy atom. The van der Waals surface area contributed by atoms with Gasteiger partial charge in [-0.25, -0.2) is 4.79 Å². The predicted octanol–water partition coefficient (Wildman–Crippen LogP) is 5.04. The van der Waals surface area contributed by atoms with Gasteiger partial charge < -0.3 is 14.2 Å². The summed E-state index contributed by atoms with van der Waals surface area (Å²) in [5.41, 5.74) is 2.95. The van der Waals surface area contributed by atoms with Crippen LogP contribution in [0.4, 0.5) is 4.79 Å². The molecule has 5 heteroatoms. The van der Waals surface area contributed by atoms with E-state index < -0.39 is 0 Å². The zero-order valence-electron chi connectivity index (χ0n) is 16.7. The van der Waals surface area contributed by atoms with Crippen molar-refractivity contribution in [3.8, 4) is 11.5 Å². The first kappa shape index (κ1) is 20.3. The topological polar surface area (TPSA) is 48.0 Å². The van der Waals surface area contributed by atoms with Crippen molar-refractivity contribution < 1.29 is 19.0 Å². The van der Waals surface area contributed by atoms with Crippen molar-refractivity contribution in [2.45, 2.75) is 19.7 Å². The molecule has 0 aromatic heterocycles. The molecule has 0 aliphatic carbocycles. The van der Waals surface area contributed by atoms with Gasteiger partial charge in [-0.05, 0) is 41.0 Å². The quantitative estimate of drug-likeness (QED) is 0.540. The van der Waals surface area contributed by atoms with Crippen molar-refractivity contribution in [1.82, 2.24) is 4.90 Å². The third-order valence-electron chi connectivity index (χ3n) is 4.53. The van der Waals surface area contributed by atoms with E-state index in [9.17, 15) is 4.79 Å². The van der Waals surface area contributed by atoms with E-state index in [4.69, 9.17) is 14.2 Å². The van der Waals surface area contributed by atoms with Crippen molar-refractivity contribution >= 4 is 6.09 Å². The van der Waals surface area contributed by atoms with Crippen molar-refractivity contribution in [3.63, 3.8) is 0 Å². The fourth-order valence-corrected chi connectivity index (χ4v) is 2.90. The Balaban J connectivity index is 1.72. The standard InChI is InChI=1S/C24H25NO4/c1-27-22-12-8-19(9-13-22)16-25(17-20-10-14-23(28-2)15-11-20)24(26)29-18-21-6-4-3-5-7-21/h3-15H,16-18H2,1-2H3. The Hall–Kier alpha value is -3.47. The predicted molar refractivity (Wildman–Crippen MR) is 112 cm³/mol. The highest BCUT2D eigenvalue weighted by Gasteiger charge is 2.17. The minimum atomic E-state index is -0.361. The lowest BCUT2D eigenvalue weighted by atomic mass is 10.1. The molecule has 0 aliphatic rings. The van der Waals surface area contributed by atoms with E-state index in [-0.39, 0.29) is 12.7 Å². The normalized spacial score (nSPS) is 10.3. The molecule has 0 heterocycles. The number of methoxy groups -OCH3 is 2. The van der Waals surface area contributed by atoms with Crippen molar-refractivity contribution in [2.75, 3.05) is 14.2 Å². The van der Waals surface area contributed by atoms with E-state index in [1.807, 2.05) is 78.9 Å². The second kappa shape index (κ2) is 10.2. The number of ether oxygens (including phenoxy) is 3. The monoisotopic (exact) mass is 391 g/mol. The Morgan fingerprint density at radius 3 is 1.62 bits per heavy atom. The first-order chi connectivity index (χ1) is 14.2. The number of carbonyl (C=O) groups excluding carboxylic acids is 1. The summed E-state index contributed by atoms with van der Waals surface area (Å²) in [7, 11) is 3.26. The Kier molecular flexibility index (Phi) is 7.11. The zero-order valence-corrected chi connectivity index (χ0v) is 16.7. The van der Waals surface area contributed by atoms with Gasteiger partial charge in [0.2, 0.25) is 0 Å². The summed E-state index contributed by atoms with van der Waals surface area (Å²) < 4.78 is 16.0. The fourth-order valence-electron chi connectivity index (χ4n) is 2.90. The van der Waals surface area contributed by atoms with Crippen LogP contribution in [-0.4, -0.2) is 25.2 Å². The van der Waals surface area contributed by atoms with Gasteiger partial charge in [-0.15, -0.1) is 0 Å². The molecule has 150 valence electrons. The summed E-state index contributed by atoms with van der Waals surface area (Å²) in [5.74, 6) is 1.56. The highest BCUT2D eigenvalue weighted by molar-refractivity contribution is 5.67. The van der Waals surface area contributed by atoms with Crippen LogP contribution in [0, 0.1) is 0 Å². The van der Waals surface area contributed by atoms with Gasteiger partial charge in [0, 0.05) is 13.1 Å². The van der Waals surface area contributed by atoms with Gasteiger partial charge in [0.05, 0.1) is 14.2 Å². The maximum Gasteiger partial charge on any atom is 0.410 e. The molecule has 0 spiro atoms. The molecule has 3 rings (SSSR count). The van der Waals surface area contributed by atoms with Gasteiger partial charge in [0.25, 0.3) is 0 Å². The number of carbonyl (C=O) groups is 1. The molecule has 0 atom stereocenters. The lowest BCUT2D eigenvalue weighted by molar-refractivity contribution is 0.0910. The number of amides is 1. The third-order valence-corrected chi connectivity index (χ3v) is 4.53. The molecule has 3 aromatic rings. The number of rotatable bonds is 8. The molecule has 0 fully saturated rings. The van der Waals surface area contributed by atoms with E-state index in [1.165, 1.54) is 0 Å². The Bertz CT molecular complexity index is 843. The molecule has 29 heavy (non-hydrogen) atoms. The second-order valence-electron chi connectivity index (χ2n) is 6.59.